The van der Waals surface area contributed by atoms with Crippen LogP contribution in [0.2, 0.25) is 0 Å². The van der Waals surface area contributed by atoms with Crippen LogP contribution in [0.4, 0.5) is 0 Å². The fourth-order valence-electron chi connectivity index (χ4n) is 1.56. The van der Waals surface area contributed by atoms with Crippen molar-refractivity contribution in [3.63, 3.8) is 0 Å². The molecule has 2 atom stereocenters. The second-order valence-electron chi connectivity index (χ2n) is 3.58. The van der Waals surface area contributed by atoms with Crippen LogP contribution in [-0.2, 0) is 7.05 Å². The van der Waals surface area contributed by atoms with Crippen LogP contribution in [0.5, 0.6) is 0 Å². The molecule has 1 aromatic rings. The van der Waals surface area contributed by atoms with Crippen molar-refractivity contribution >= 4 is 0 Å². The molecule has 3 nitrogen and oxygen atoms in total. The van der Waals surface area contributed by atoms with E-state index in [2.05, 4.69) is 30.2 Å². The van der Waals surface area contributed by atoms with Crippen molar-refractivity contribution in [3.05, 3.63) is 18.0 Å². The van der Waals surface area contributed by atoms with E-state index in [1.807, 2.05) is 17.8 Å². The number of nitrogens with one attached hydrogen (secondary N) is 1. The SMILES string of the molecule is C#CCC(C)NC(C)c1ccnn1C. The molecule has 0 bridgehead atoms. The van der Waals surface area contributed by atoms with Gasteiger partial charge < -0.3 is 5.32 Å². The largest absolute Gasteiger partial charge is 0.305 e. The maximum absolute atomic E-state index is 5.25. The summed E-state index contributed by atoms with van der Waals surface area (Å²) in [5.41, 5.74) is 1.17. The summed E-state index contributed by atoms with van der Waals surface area (Å²) in [6.45, 7) is 4.21. The third-order valence-electron chi connectivity index (χ3n) is 2.26. The smallest absolute Gasteiger partial charge is 0.0547 e. The fourth-order valence-corrected chi connectivity index (χ4v) is 1.56. The Hall–Kier alpha value is -1.27. The summed E-state index contributed by atoms with van der Waals surface area (Å²) in [5, 5.41) is 7.55. The van der Waals surface area contributed by atoms with Crippen molar-refractivity contribution in [1.82, 2.24) is 15.1 Å². The number of aromatic nitrogens is 2. The van der Waals surface area contributed by atoms with Gasteiger partial charge >= 0.3 is 0 Å². The van der Waals surface area contributed by atoms with Gasteiger partial charge in [0.1, 0.15) is 0 Å². The standard InChI is InChI=1S/C11H17N3/c1-5-6-9(2)13-10(3)11-7-8-12-14(11)4/h1,7-10,13H,6H2,2-4H3. The van der Waals surface area contributed by atoms with Crippen LogP contribution in [0, 0.1) is 12.3 Å². The van der Waals surface area contributed by atoms with E-state index in [0.717, 1.165) is 6.42 Å². The van der Waals surface area contributed by atoms with Crippen LogP contribution in [0.3, 0.4) is 0 Å². The summed E-state index contributed by atoms with van der Waals surface area (Å²) in [5.74, 6) is 2.65. The Balaban J connectivity index is 2.55. The minimum absolute atomic E-state index is 0.283. The predicted octanol–water partition coefficient (Wildman–Crippen LogP) is 1.48. The molecule has 14 heavy (non-hydrogen) atoms. The Morgan fingerprint density at radius 2 is 2.36 bits per heavy atom. The molecule has 1 rings (SSSR count). The summed E-state index contributed by atoms with van der Waals surface area (Å²) in [6, 6.07) is 2.64. The molecule has 0 aliphatic carbocycles. The molecule has 0 saturated heterocycles. The highest BCUT2D eigenvalue weighted by atomic mass is 15.3. The zero-order chi connectivity index (χ0) is 10.6. The average Bonchev–Trinajstić information content (AvgIpc) is 2.51. The molecule has 0 radical (unpaired) electrons. The number of hydrogen-bond donors (Lipinski definition) is 1. The molecule has 0 saturated carbocycles. The Bertz CT molecular complexity index is 322. The summed E-state index contributed by atoms with van der Waals surface area (Å²) >= 11 is 0. The Kier molecular flexibility index (Phi) is 3.73. The van der Waals surface area contributed by atoms with Crippen molar-refractivity contribution in [3.8, 4) is 12.3 Å². The molecule has 1 heterocycles. The van der Waals surface area contributed by atoms with E-state index < -0.39 is 0 Å². The van der Waals surface area contributed by atoms with E-state index in [9.17, 15) is 0 Å². The first kappa shape index (κ1) is 10.8. The molecule has 0 aliphatic rings. The van der Waals surface area contributed by atoms with Crippen LogP contribution < -0.4 is 5.32 Å². The van der Waals surface area contributed by atoms with Crippen molar-refractivity contribution < 1.29 is 0 Å². The molecular formula is C11H17N3. The summed E-state index contributed by atoms with van der Waals surface area (Å²) < 4.78 is 1.88. The minimum Gasteiger partial charge on any atom is -0.305 e. The molecule has 0 aromatic carbocycles. The van der Waals surface area contributed by atoms with E-state index >= 15 is 0 Å². The topological polar surface area (TPSA) is 29.9 Å². The third kappa shape index (κ3) is 2.61. The van der Waals surface area contributed by atoms with Gasteiger partial charge in [0.15, 0.2) is 0 Å². The van der Waals surface area contributed by atoms with Gasteiger partial charge in [0.25, 0.3) is 0 Å². The number of hydrogen-bond acceptors (Lipinski definition) is 2. The zero-order valence-electron chi connectivity index (χ0n) is 8.99. The van der Waals surface area contributed by atoms with E-state index in [0.29, 0.717) is 6.04 Å². The van der Waals surface area contributed by atoms with Gasteiger partial charge in [-0.25, -0.2) is 0 Å². The highest BCUT2D eigenvalue weighted by Crippen LogP contribution is 2.11. The Labute approximate surface area is 85.5 Å². The van der Waals surface area contributed by atoms with E-state index in [1.54, 1.807) is 6.20 Å². The molecule has 0 fully saturated rings. The number of terminal acetylenes is 1. The first-order valence-electron chi connectivity index (χ1n) is 4.82. The third-order valence-corrected chi connectivity index (χ3v) is 2.26. The Morgan fingerprint density at radius 3 is 2.86 bits per heavy atom. The number of aryl methyl sites for hydroxylation is 1. The zero-order valence-corrected chi connectivity index (χ0v) is 8.99. The van der Waals surface area contributed by atoms with E-state index in [4.69, 9.17) is 6.42 Å². The summed E-state index contributed by atoms with van der Waals surface area (Å²) in [4.78, 5) is 0. The average molecular weight is 191 g/mol. The van der Waals surface area contributed by atoms with E-state index in [1.165, 1.54) is 5.69 Å². The van der Waals surface area contributed by atoms with Gasteiger partial charge in [0.05, 0.1) is 5.69 Å². The summed E-state index contributed by atoms with van der Waals surface area (Å²) in [7, 11) is 1.94. The van der Waals surface area contributed by atoms with Gasteiger partial charge in [-0.15, -0.1) is 12.3 Å². The maximum atomic E-state index is 5.25. The fraction of sp³-hybridized carbons (Fsp3) is 0.545. The molecule has 0 aliphatic heterocycles. The van der Waals surface area contributed by atoms with Crippen molar-refractivity contribution in [1.29, 1.82) is 0 Å². The van der Waals surface area contributed by atoms with Crippen LogP contribution in [0.15, 0.2) is 12.3 Å². The van der Waals surface area contributed by atoms with E-state index in [-0.39, 0.29) is 6.04 Å². The molecular weight excluding hydrogens is 174 g/mol. The molecule has 1 aromatic heterocycles. The molecule has 2 unspecified atom stereocenters. The lowest BCUT2D eigenvalue weighted by Gasteiger charge is -2.18. The number of nitrogens with zero attached hydrogens (tertiary/aromatic N) is 2. The van der Waals surface area contributed by atoms with Gasteiger partial charge in [-0.1, -0.05) is 0 Å². The molecule has 76 valence electrons. The summed E-state index contributed by atoms with van der Waals surface area (Å²) in [6.07, 6.45) is 7.80. The minimum atomic E-state index is 0.283. The lowest BCUT2D eigenvalue weighted by molar-refractivity contribution is 0.463. The van der Waals surface area contributed by atoms with Gasteiger partial charge in [0, 0.05) is 31.7 Å². The molecule has 0 spiro atoms. The molecule has 1 N–H and O–H groups in total. The highest BCUT2D eigenvalue weighted by molar-refractivity contribution is 5.06. The quantitative estimate of drug-likeness (QED) is 0.731. The lowest BCUT2D eigenvalue weighted by atomic mass is 10.2. The maximum Gasteiger partial charge on any atom is 0.0547 e. The van der Waals surface area contributed by atoms with Crippen molar-refractivity contribution in [2.75, 3.05) is 0 Å². The van der Waals surface area contributed by atoms with Gasteiger partial charge in [-0.05, 0) is 19.9 Å². The molecule has 0 amide bonds. The van der Waals surface area contributed by atoms with Crippen LogP contribution in [-0.4, -0.2) is 15.8 Å². The first-order chi connectivity index (χ1) is 6.65. The normalized spacial score (nSPS) is 14.7. The predicted molar refractivity (Wildman–Crippen MR) is 57.7 cm³/mol. The van der Waals surface area contributed by atoms with Crippen LogP contribution in [0.25, 0.3) is 0 Å². The van der Waals surface area contributed by atoms with Gasteiger partial charge in [-0.2, -0.15) is 5.10 Å². The lowest BCUT2D eigenvalue weighted by Crippen LogP contribution is -2.29. The monoisotopic (exact) mass is 191 g/mol. The second kappa shape index (κ2) is 4.83. The van der Waals surface area contributed by atoms with Crippen molar-refractivity contribution in [2.45, 2.75) is 32.4 Å². The van der Waals surface area contributed by atoms with Gasteiger partial charge in [0.2, 0.25) is 0 Å². The van der Waals surface area contributed by atoms with Gasteiger partial charge in [-0.3, -0.25) is 4.68 Å². The van der Waals surface area contributed by atoms with Crippen molar-refractivity contribution in [2.24, 2.45) is 7.05 Å². The Morgan fingerprint density at radius 1 is 1.64 bits per heavy atom. The van der Waals surface area contributed by atoms with Crippen LogP contribution >= 0.6 is 0 Å². The number of rotatable bonds is 4. The first-order valence-corrected chi connectivity index (χ1v) is 4.82. The molecule has 3 heteroatoms. The van der Waals surface area contributed by atoms with Crippen LogP contribution in [0.1, 0.15) is 32.0 Å². The second-order valence-corrected chi connectivity index (χ2v) is 3.58. The highest BCUT2D eigenvalue weighted by Gasteiger charge is 2.11.